The normalized spacial score (nSPS) is 18.7. The minimum Gasteiger partial charge on any atom is -0.450 e. The van der Waals surface area contributed by atoms with Crippen LogP contribution < -0.4 is 27.8 Å². The Morgan fingerprint density at radius 1 is 0.398 bits per heavy atom. The minimum absolute atomic E-state index is 0.186. The summed E-state index contributed by atoms with van der Waals surface area (Å²) < 4.78 is 61.9. The van der Waals surface area contributed by atoms with E-state index in [2.05, 4.69) is 25.3 Å². The van der Waals surface area contributed by atoms with Crippen LogP contribution in [0.4, 0.5) is 19.2 Å². The fourth-order valence-electron chi connectivity index (χ4n) is 10.4. The molecule has 4 amide bonds. The first-order chi connectivity index (χ1) is 50.1. The Balaban J connectivity index is 0.000000668. The van der Waals surface area contributed by atoms with Gasteiger partial charge < -0.3 is 125 Å². The molecule has 0 spiro atoms. The van der Waals surface area contributed by atoms with Crippen molar-refractivity contribution < 1.29 is 96.4 Å². The van der Waals surface area contributed by atoms with E-state index in [4.69, 9.17) is 74.0 Å². The summed E-state index contributed by atoms with van der Waals surface area (Å²) in [6.45, 7) is 39.6. The van der Waals surface area contributed by atoms with Crippen LogP contribution in [-0.4, -0.2) is 392 Å². The summed E-state index contributed by atoms with van der Waals surface area (Å²) in [4.78, 5) is 59.6. The van der Waals surface area contributed by atoms with Gasteiger partial charge in [0.05, 0.1) is 104 Å². The molecule has 0 aromatic carbocycles. The number of epoxide rings is 2. The SMILES string of the molecule is CCOC(=O)N1CCN(CCC(O)COCCCOCC(O)CNCCCCCCN)CC1.CCOC(=O)N1CCN(CCC(O)COCCCOCC2CO2)CC1.CCOC(=O)N1CCNCC1.CCOCC(O)CCN1CCN(C(=O)OCC)CC1.CCOCC1CO1.NCCCCCCN. The van der Waals surface area contributed by atoms with Gasteiger partial charge in [0.2, 0.25) is 0 Å². The maximum atomic E-state index is 11.7. The summed E-state index contributed by atoms with van der Waals surface area (Å²) in [5, 5.41) is 46.1. The lowest BCUT2D eigenvalue weighted by atomic mass is 10.2. The Bertz CT molecular complexity index is 1920. The number of ether oxygens (including phenoxy) is 12. The second kappa shape index (κ2) is 68.8. The lowest BCUT2D eigenvalue weighted by Gasteiger charge is -2.34. The smallest absolute Gasteiger partial charge is 0.409 e. The van der Waals surface area contributed by atoms with Crippen molar-refractivity contribution in [2.75, 3.05) is 276 Å². The second-order valence-corrected chi connectivity index (χ2v) is 25.6. The highest BCUT2D eigenvalue weighted by Gasteiger charge is 2.27. The van der Waals surface area contributed by atoms with Crippen LogP contribution in [0.1, 0.15) is 125 Å². The van der Waals surface area contributed by atoms with E-state index >= 15 is 0 Å². The largest absolute Gasteiger partial charge is 0.450 e. The number of nitrogens with two attached hydrogens (primary N) is 3. The first-order valence-electron chi connectivity index (χ1n) is 38.9. The van der Waals surface area contributed by atoms with Crippen LogP contribution in [0.25, 0.3) is 0 Å². The van der Waals surface area contributed by atoms with E-state index in [0.717, 1.165) is 176 Å². The van der Waals surface area contributed by atoms with E-state index in [1.807, 2.05) is 41.5 Å². The maximum Gasteiger partial charge on any atom is 0.409 e. The molecule has 6 saturated heterocycles. The fourth-order valence-corrected chi connectivity index (χ4v) is 10.4. The standard InChI is InChI=1S/C23H48N4O6.C17H32N2O6.C13H26N2O4.C7H14N2O2.C6H16N2.C5H10O2/c1-2-33-23(30)27-14-12-26(13-15-27)11-8-21(28)19-31-16-7-17-32-20-22(29)18-25-10-6-4-3-5-9-24;1-2-24-17(21)19-8-6-18(7-9-19)5-4-15(20)12-22-10-3-11-23-13-16-14-25-16;1-3-18-11-12(16)5-6-14-7-9-15(10-8-14)13(17)19-4-2;1-2-11-7(10)9-5-3-8-4-6-9;7-5-3-1-2-4-6-8;1-2-6-3-5-4-7-5/h21-22,25,28-29H,2-20,24H2,1H3;15-16,20H,2-14H2,1H3;12,16H,3-11H2,1-2H3;8H,2-6H2,1H3;1-8H2;5H,2-4H2,1H3. The third-order valence-corrected chi connectivity index (χ3v) is 16.7. The van der Waals surface area contributed by atoms with Gasteiger partial charge in [0.15, 0.2) is 0 Å². The van der Waals surface area contributed by atoms with Gasteiger partial charge in [-0.15, -0.1) is 0 Å². The molecule has 6 rings (SSSR count). The molecule has 32 heteroatoms. The van der Waals surface area contributed by atoms with Crippen LogP contribution in [0, 0.1) is 0 Å². The van der Waals surface area contributed by atoms with Crippen molar-refractivity contribution in [1.82, 2.24) is 44.9 Å². The molecule has 32 nitrogen and oxygen atoms in total. The van der Waals surface area contributed by atoms with Crippen molar-refractivity contribution in [1.29, 1.82) is 0 Å². The van der Waals surface area contributed by atoms with E-state index in [-0.39, 0.29) is 24.4 Å². The molecule has 103 heavy (non-hydrogen) atoms. The summed E-state index contributed by atoms with van der Waals surface area (Å²) in [7, 11) is 0. The molecule has 6 heterocycles. The molecule has 0 radical (unpaired) electrons. The Morgan fingerprint density at radius 2 is 0.709 bits per heavy atom. The van der Waals surface area contributed by atoms with Gasteiger partial charge >= 0.3 is 24.4 Å². The maximum absolute atomic E-state index is 11.7. The number of rotatable bonds is 48. The number of carbonyl (C=O) groups is 4. The van der Waals surface area contributed by atoms with Crippen molar-refractivity contribution in [3.05, 3.63) is 0 Å². The van der Waals surface area contributed by atoms with Crippen LogP contribution >= 0.6 is 0 Å². The molecule has 6 unspecified atom stereocenters. The number of amides is 4. The van der Waals surface area contributed by atoms with E-state index < -0.39 is 24.4 Å². The molecule has 610 valence electrons. The molecule has 0 aromatic heterocycles. The number of unbranched alkanes of at least 4 members (excludes halogenated alkanes) is 6. The quantitative estimate of drug-likeness (QED) is 0.0239. The van der Waals surface area contributed by atoms with Crippen LogP contribution in [0.2, 0.25) is 0 Å². The number of hydrogen-bond acceptors (Lipinski definition) is 28. The Kier molecular flexibility index (Phi) is 65.0. The van der Waals surface area contributed by atoms with Crippen molar-refractivity contribution in [2.24, 2.45) is 17.2 Å². The Morgan fingerprint density at radius 3 is 1.04 bits per heavy atom. The number of piperazine rings is 4. The van der Waals surface area contributed by atoms with Gasteiger partial charge in [0.25, 0.3) is 0 Å². The molecular weight excluding hydrogens is 1340 g/mol. The number of hydrogen-bond donors (Lipinski definition) is 9. The lowest BCUT2D eigenvalue weighted by molar-refractivity contribution is 0.00331. The third-order valence-electron chi connectivity index (χ3n) is 16.7. The Hall–Kier alpha value is -3.72. The van der Waals surface area contributed by atoms with Gasteiger partial charge in [0.1, 0.15) is 12.2 Å². The summed E-state index contributed by atoms with van der Waals surface area (Å²) >= 11 is 0. The number of aliphatic hydroxyl groups excluding tert-OH is 4. The van der Waals surface area contributed by atoms with Gasteiger partial charge in [-0.2, -0.15) is 0 Å². The zero-order valence-electron chi connectivity index (χ0n) is 64.5. The first-order valence-corrected chi connectivity index (χ1v) is 38.9. The molecule has 6 atom stereocenters. The molecular formula is C71H146N12O20. The third kappa shape index (κ3) is 58.0. The molecule has 0 aromatic rings. The molecule has 0 bridgehead atoms. The van der Waals surface area contributed by atoms with Crippen molar-refractivity contribution in [3.8, 4) is 0 Å². The van der Waals surface area contributed by atoms with Crippen LogP contribution in [0.5, 0.6) is 0 Å². The summed E-state index contributed by atoms with van der Waals surface area (Å²) in [5.41, 5.74) is 16.0. The highest BCUT2D eigenvalue weighted by atomic mass is 16.6. The summed E-state index contributed by atoms with van der Waals surface area (Å²) in [6.07, 6.45) is 10.9. The lowest BCUT2D eigenvalue weighted by Crippen LogP contribution is -2.49. The van der Waals surface area contributed by atoms with Gasteiger partial charge in [-0.25, -0.2) is 19.2 Å². The fraction of sp³-hybridized carbons (Fsp3) is 0.944. The van der Waals surface area contributed by atoms with E-state index in [0.29, 0.717) is 170 Å². The molecule has 6 aliphatic heterocycles. The van der Waals surface area contributed by atoms with E-state index in [1.165, 1.54) is 25.7 Å². The molecule has 0 saturated carbocycles. The van der Waals surface area contributed by atoms with Gasteiger partial charge in [-0.05, 0) is 126 Å². The van der Waals surface area contributed by atoms with Crippen molar-refractivity contribution >= 4 is 24.4 Å². The van der Waals surface area contributed by atoms with Crippen LogP contribution in [0.3, 0.4) is 0 Å². The van der Waals surface area contributed by atoms with Gasteiger partial charge in [-0.3, -0.25) is 14.7 Å². The monoisotopic (exact) mass is 1490 g/mol. The number of carbonyl (C=O) groups excluding carboxylic acids is 4. The zero-order chi connectivity index (χ0) is 75.6. The number of nitrogens with zero attached hydrogens (tertiary/aromatic N) is 7. The predicted octanol–water partition coefficient (Wildman–Crippen LogP) is 2.22. The minimum atomic E-state index is -0.504. The molecule has 6 fully saturated rings. The van der Waals surface area contributed by atoms with E-state index in [1.54, 1.807) is 19.6 Å². The van der Waals surface area contributed by atoms with Crippen LogP contribution in [0.15, 0.2) is 0 Å². The van der Waals surface area contributed by atoms with Crippen LogP contribution in [-0.2, 0) is 56.8 Å². The predicted molar refractivity (Wildman–Crippen MR) is 396 cm³/mol. The number of nitrogens with one attached hydrogen (secondary N) is 2. The highest BCUT2D eigenvalue weighted by molar-refractivity contribution is 5.69. The zero-order valence-corrected chi connectivity index (χ0v) is 64.5. The molecule has 12 N–H and O–H groups in total. The highest BCUT2D eigenvalue weighted by Crippen LogP contribution is 2.12. The topological polar surface area (TPSA) is 391 Å². The Labute approximate surface area is 618 Å². The average Bonchev–Trinajstić information content (AvgIpc) is 1.88. The summed E-state index contributed by atoms with van der Waals surface area (Å²) in [6, 6.07) is 0. The van der Waals surface area contributed by atoms with Gasteiger partial charge in [-0.1, -0.05) is 25.7 Å². The van der Waals surface area contributed by atoms with Crippen molar-refractivity contribution in [2.45, 2.75) is 162 Å². The van der Waals surface area contributed by atoms with Gasteiger partial charge in [0, 0.05) is 171 Å². The van der Waals surface area contributed by atoms with Crippen molar-refractivity contribution in [3.63, 3.8) is 0 Å². The second-order valence-electron chi connectivity index (χ2n) is 25.6. The molecule has 6 aliphatic rings. The number of aliphatic hydroxyl groups is 4. The molecule has 0 aliphatic carbocycles. The summed E-state index contributed by atoms with van der Waals surface area (Å²) in [5.74, 6) is 0. The first kappa shape index (κ1) is 97.3. The average molecular weight is 1490 g/mol. The van der Waals surface area contributed by atoms with E-state index in [9.17, 15) is 39.6 Å².